The lowest BCUT2D eigenvalue weighted by Crippen LogP contribution is -2.43. The molecule has 116 valence electrons. The predicted octanol–water partition coefficient (Wildman–Crippen LogP) is 0.292. The Morgan fingerprint density at radius 1 is 1.48 bits per heavy atom. The number of benzene rings is 1. The summed E-state index contributed by atoms with van der Waals surface area (Å²) in [5.74, 6) is 0.379. The highest BCUT2D eigenvalue weighted by atomic mass is 16.5. The lowest BCUT2D eigenvalue weighted by atomic mass is 10.1. The van der Waals surface area contributed by atoms with Crippen LogP contribution in [0.25, 0.3) is 0 Å². The molecular formula is C15H22N2O4. The van der Waals surface area contributed by atoms with Gasteiger partial charge in [-0.3, -0.25) is 4.79 Å². The average Bonchev–Trinajstić information content (AvgIpc) is 2.86. The van der Waals surface area contributed by atoms with E-state index in [9.17, 15) is 9.90 Å². The Bertz CT molecular complexity index is 480. The van der Waals surface area contributed by atoms with E-state index in [4.69, 9.17) is 15.2 Å². The molecule has 3 atom stereocenters. The van der Waals surface area contributed by atoms with E-state index in [2.05, 4.69) is 5.32 Å². The molecule has 1 saturated carbocycles. The fraction of sp³-hybridized carbons (Fsp3) is 0.533. The summed E-state index contributed by atoms with van der Waals surface area (Å²) in [5, 5.41) is 12.9. The van der Waals surface area contributed by atoms with E-state index in [1.165, 1.54) is 0 Å². The first-order valence-corrected chi connectivity index (χ1v) is 7.10. The summed E-state index contributed by atoms with van der Waals surface area (Å²) >= 11 is 0. The molecular weight excluding hydrogens is 272 g/mol. The largest absolute Gasteiger partial charge is 0.492 e. The molecule has 0 aliphatic heterocycles. The van der Waals surface area contributed by atoms with Crippen molar-refractivity contribution in [2.24, 2.45) is 5.73 Å². The van der Waals surface area contributed by atoms with Crippen LogP contribution in [0.15, 0.2) is 24.3 Å². The monoisotopic (exact) mass is 294 g/mol. The second kappa shape index (κ2) is 7.40. The van der Waals surface area contributed by atoms with Crippen molar-refractivity contribution in [2.45, 2.75) is 31.1 Å². The molecule has 0 bridgehead atoms. The van der Waals surface area contributed by atoms with E-state index in [0.717, 1.165) is 6.42 Å². The number of aliphatic hydroxyl groups excluding tert-OH is 1. The number of hydrogen-bond acceptors (Lipinski definition) is 5. The van der Waals surface area contributed by atoms with Gasteiger partial charge in [-0.2, -0.15) is 0 Å². The van der Waals surface area contributed by atoms with Gasteiger partial charge in [0.05, 0.1) is 12.1 Å². The lowest BCUT2D eigenvalue weighted by molar-refractivity contribution is 0.000206. The van der Waals surface area contributed by atoms with Gasteiger partial charge in [0, 0.05) is 19.2 Å². The molecule has 6 nitrogen and oxygen atoms in total. The summed E-state index contributed by atoms with van der Waals surface area (Å²) in [4.78, 5) is 12.2. The van der Waals surface area contributed by atoms with Crippen LogP contribution >= 0.6 is 0 Å². The molecule has 6 heteroatoms. The molecule has 1 aliphatic carbocycles. The summed E-state index contributed by atoms with van der Waals surface area (Å²) in [6, 6.07) is 6.62. The number of carbonyl (C=O) groups excluding carboxylic acids is 1. The van der Waals surface area contributed by atoms with Crippen LogP contribution in [0.3, 0.4) is 0 Å². The molecule has 1 aromatic rings. The van der Waals surface area contributed by atoms with Crippen molar-refractivity contribution in [2.75, 3.05) is 20.3 Å². The fourth-order valence-electron chi connectivity index (χ4n) is 2.51. The summed E-state index contributed by atoms with van der Waals surface area (Å²) in [5.41, 5.74) is 5.88. The van der Waals surface area contributed by atoms with E-state index in [1.807, 2.05) is 0 Å². The first kappa shape index (κ1) is 15.8. The van der Waals surface area contributed by atoms with Gasteiger partial charge in [0.2, 0.25) is 0 Å². The Morgan fingerprint density at radius 3 is 2.95 bits per heavy atom. The molecule has 0 aromatic heterocycles. The van der Waals surface area contributed by atoms with Crippen molar-refractivity contribution in [3.8, 4) is 5.75 Å². The molecule has 21 heavy (non-hydrogen) atoms. The third-order valence-electron chi connectivity index (χ3n) is 3.66. The number of ether oxygens (including phenoxy) is 2. The van der Waals surface area contributed by atoms with E-state index < -0.39 is 6.10 Å². The standard InChI is InChI=1S/C15H22N2O4/c1-20-13-6-5-12(14(13)18)17-15(19)10-3-2-4-11(9-10)21-8-7-16/h2-4,9,12-14,18H,5-8,16H2,1H3,(H,17,19)/t12-,13-,14-/m1/s1. The van der Waals surface area contributed by atoms with Crippen LogP contribution in [-0.4, -0.2) is 49.5 Å². The third-order valence-corrected chi connectivity index (χ3v) is 3.66. The highest BCUT2D eigenvalue weighted by molar-refractivity contribution is 5.94. The van der Waals surface area contributed by atoms with Crippen molar-refractivity contribution in [1.29, 1.82) is 0 Å². The van der Waals surface area contributed by atoms with Gasteiger partial charge >= 0.3 is 0 Å². The average molecular weight is 294 g/mol. The normalized spacial score (nSPS) is 24.8. The maximum atomic E-state index is 12.2. The quantitative estimate of drug-likeness (QED) is 0.701. The van der Waals surface area contributed by atoms with Crippen LogP contribution in [0, 0.1) is 0 Å². The molecule has 2 rings (SSSR count). The van der Waals surface area contributed by atoms with Crippen LogP contribution in [0.1, 0.15) is 23.2 Å². The van der Waals surface area contributed by atoms with Crippen molar-refractivity contribution in [3.05, 3.63) is 29.8 Å². The first-order chi connectivity index (χ1) is 10.2. The Hall–Kier alpha value is -1.63. The zero-order valence-corrected chi connectivity index (χ0v) is 12.1. The van der Waals surface area contributed by atoms with Gasteiger partial charge in [0.1, 0.15) is 18.5 Å². The van der Waals surface area contributed by atoms with Crippen molar-refractivity contribution < 1.29 is 19.4 Å². The number of aliphatic hydroxyl groups is 1. The molecule has 1 aliphatic rings. The number of methoxy groups -OCH3 is 1. The molecule has 1 aromatic carbocycles. The van der Waals surface area contributed by atoms with Crippen molar-refractivity contribution in [1.82, 2.24) is 5.32 Å². The number of nitrogens with two attached hydrogens (primary N) is 1. The number of amides is 1. The number of hydrogen-bond donors (Lipinski definition) is 3. The highest BCUT2D eigenvalue weighted by Crippen LogP contribution is 2.23. The van der Waals surface area contributed by atoms with Gasteiger partial charge in [-0.15, -0.1) is 0 Å². The van der Waals surface area contributed by atoms with Crippen LogP contribution in [0.5, 0.6) is 5.75 Å². The third kappa shape index (κ3) is 3.93. The number of nitrogens with one attached hydrogen (secondary N) is 1. The lowest BCUT2D eigenvalue weighted by Gasteiger charge is -2.19. The van der Waals surface area contributed by atoms with E-state index in [0.29, 0.717) is 30.9 Å². The van der Waals surface area contributed by atoms with Crippen LogP contribution in [0.4, 0.5) is 0 Å². The van der Waals surface area contributed by atoms with Gasteiger partial charge in [0.25, 0.3) is 5.91 Å². The summed E-state index contributed by atoms with van der Waals surface area (Å²) in [7, 11) is 1.57. The maximum absolute atomic E-state index is 12.2. The maximum Gasteiger partial charge on any atom is 0.251 e. The van der Waals surface area contributed by atoms with E-state index in [1.54, 1.807) is 31.4 Å². The second-order valence-electron chi connectivity index (χ2n) is 5.09. The minimum Gasteiger partial charge on any atom is -0.492 e. The van der Waals surface area contributed by atoms with Gasteiger partial charge in [-0.1, -0.05) is 6.07 Å². The fourth-order valence-corrected chi connectivity index (χ4v) is 2.51. The predicted molar refractivity (Wildman–Crippen MR) is 78.3 cm³/mol. The highest BCUT2D eigenvalue weighted by Gasteiger charge is 2.35. The van der Waals surface area contributed by atoms with Crippen molar-refractivity contribution in [3.63, 3.8) is 0 Å². The molecule has 0 radical (unpaired) electrons. The van der Waals surface area contributed by atoms with Gasteiger partial charge < -0.3 is 25.6 Å². The first-order valence-electron chi connectivity index (χ1n) is 7.10. The van der Waals surface area contributed by atoms with E-state index >= 15 is 0 Å². The van der Waals surface area contributed by atoms with Gasteiger partial charge in [0.15, 0.2) is 0 Å². The Morgan fingerprint density at radius 2 is 2.29 bits per heavy atom. The molecule has 0 spiro atoms. The SMILES string of the molecule is CO[C@@H]1CC[C@@H](NC(=O)c2cccc(OCCN)c2)[C@H]1O. The van der Waals surface area contributed by atoms with Gasteiger partial charge in [-0.25, -0.2) is 0 Å². The Balaban J connectivity index is 1.97. The second-order valence-corrected chi connectivity index (χ2v) is 5.09. The Kier molecular flexibility index (Phi) is 5.55. The van der Waals surface area contributed by atoms with Crippen LogP contribution < -0.4 is 15.8 Å². The minimum atomic E-state index is -0.671. The van der Waals surface area contributed by atoms with Gasteiger partial charge in [-0.05, 0) is 31.0 Å². The molecule has 0 saturated heterocycles. The van der Waals surface area contributed by atoms with Crippen molar-refractivity contribution >= 4 is 5.91 Å². The molecule has 4 N–H and O–H groups in total. The van der Waals surface area contributed by atoms with E-state index in [-0.39, 0.29) is 18.1 Å². The summed E-state index contributed by atoms with van der Waals surface area (Å²) in [6.07, 6.45) is 0.557. The zero-order valence-electron chi connectivity index (χ0n) is 12.1. The molecule has 0 heterocycles. The minimum absolute atomic E-state index is 0.213. The van der Waals surface area contributed by atoms with Crippen LogP contribution in [-0.2, 0) is 4.74 Å². The Labute approximate surface area is 124 Å². The summed E-state index contributed by atoms with van der Waals surface area (Å²) in [6.45, 7) is 0.824. The van der Waals surface area contributed by atoms with Crippen LogP contribution in [0.2, 0.25) is 0 Å². The summed E-state index contributed by atoms with van der Waals surface area (Å²) < 4.78 is 10.6. The smallest absolute Gasteiger partial charge is 0.251 e. The number of carbonyl (C=O) groups is 1. The number of rotatable bonds is 6. The molecule has 0 unspecified atom stereocenters. The zero-order chi connectivity index (χ0) is 15.2. The topological polar surface area (TPSA) is 93.8 Å². The molecule has 1 amide bonds. The molecule has 1 fully saturated rings.